The zero-order valence-electron chi connectivity index (χ0n) is 13.2. The lowest BCUT2D eigenvalue weighted by Gasteiger charge is -2.24. The predicted molar refractivity (Wildman–Crippen MR) is 82.7 cm³/mol. The van der Waals surface area contributed by atoms with Crippen molar-refractivity contribution >= 4 is 11.9 Å². The third-order valence-electron chi connectivity index (χ3n) is 4.01. The molecule has 0 bridgehead atoms. The van der Waals surface area contributed by atoms with E-state index in [0.717, 1.165) is 5.56 Å². The Morgan fingerprint density at radius 1 is 1.10 bits per heavy atom. The summed E-state index contributed by atoms with van der Waals surface area (Å²) in [6.07, 6.45) is 0.410. The van der Waals surface area contributed by atoms with Crippen molar-refractivity contribution in [1.29, 1.82) is 0 Å². The van der Waals surface area contributed by atoms with Crippen LogP contribution in [0.4, 0.5) is 0 Å². The van der Waals surface area contributed by atoms with E-state index in [1.165, 1.54) is 0 Å². The molecule has 0 fully saturated rings. The summed E-state index contributed by atoms with van der Waals surface area (Å²) in [6, 6.07) is 8.75. The van der Waals surface area contributed by atoms with E-state index in [1.807, 2.05) is 37.3 Å². The standard InChI is InChI=1S/C17H25NO3/c1-11(2)12(3)10-15(19)18-16(13(4)17(20)21)14-8-6-5-7-9-14/h5-9,11-13,16H,10H2,1-4H3,(H,18,19)(H,20,21). The maximum absolute atomic E-state index is 12.2. The van der Waals surface area contributed by atoms with Gasteiger partial charge in [0.1, 0.15) is 0 Å². The van der Waals surface area contributed by atoms with Crippen LogP contribution in [0.25, 0.3) is 0 Å². The van der Waals surface area contributed by atoms with Crippen LogP contribution in [0.1, 0.15) is 45.7 Å². The molecule has 0 aliphatic heterocycles. The molecular weight excluding hydrogens is 266 g/mol. The molecule has 1 amide bonds. The van der Waals surface area contributed by atoms with Crippen LogP contribution in [0, 0.1) is 17.8 Å². The third kappa shape index (κ3) is 5.21. The average molecular weight is 291 g/mol. The summed E-state index contributed by atoms with van der Waals surface area (Å²) in [4.78, 5) is 23.4. The summed E-state index contributed by atoms with van der Waals surface area (Å²) in [5.41, 5.74) is 0.818. The quantitative estimate of drug-likeness (QED) is 0.810. The fourth-order valence-electron chi connectivity index (χ4n) is 2.06. The van der Waals surface area contributed by atoms with Crippen molar-refractivity contribution in [2.75, 3.05) is 0 Å². The topological polar surface area (TPSA) is 66.4 Å². The Hall–Kier alpha value is -1.84. The molecule has 0 aliphatic carbocycles. The summed E-state index contributed by atoms with van der Waals surface area (Å²) in [5.74, 6) is -1.01. The molecule has 3 unspecified atom stereocenters. The zero-order valence-corrected chi connectivity index (χ0v) is 13.2. The minimum absolute atomic E-state index is 0.0989. The van der Waals surface area contributed by atoms with Crippen molar-refractivity contribution in [3.8, 4) is 0 Å². The van der Waals surface area contributed by atoms with Gasteiger partial charge >= 0.3 is 5.97 Å². The lowest BCUT2D eigenvalue weighted by atomic mass is 9.92. The van der Waals surface area contributed by atoms with Gasteiger partial charge in [-0.25, -0.2) is 0 Å². The average Bonchev–Trinajstić information content (AvgIpc) is 2.44. The van der Waals surface area contributed by atoms with Gasteiger partial charge in [0.2, 0.25) is 5.91 Å². The van der Waals surface area contributed by atoms with Gasteiger partial charge in [-0.3, -0.25) is 9.59 Å². The summed E-state index contributed by atoms with van der Waals surface area (Å²) >= 11 is 0. The first-order valence-corrected chi connectivity index (χ1v) is 7.40. The van der Waals surface area contributed by atoms with E-state index < -0.39 is 17.9 Å². The zero-order chi connectivity index (χ0) is 16.0. The van der Waals surface area contributed by atoms with E-state index in [0.29, 0.717) is 12.3 Å². The van der Waals surface area contributed by atoms with Crippen molar-refractivity contribution < 1.29 is 14.7 Å². The highest BCUT2D eigenvalue weighted by Gasteiger charge is 2.27. The number of carbonyl (C=O) groups excluding carboxylic acids is 1. The Balaban J connectivity index is 2.84. The number of hydrogen-bond donors (Lipinski definition) is 2. The lowest BCUT2D eigenvalue weighted by Crippen LogP contribution is -2.36. The fraction of sp³-hybridized carbons (Fsp3) is 0.529. The Bertz CT molecular complexity index is 470. The summed E-state index contributed by atoms with van der Waals surface area (Å²) in [6.45, 7) is 7.80. The Kier molecular flexibility index (Phi) is 6.40. The Morgan fingerprint density at radius 3 is 2.14 bits per heavy atom. The van der Waals surface area contributed by atoms with Crippen LogP contribution in [0.2, 0.25) is 0 Å². The Morgan fingerprint density at radius 2 is 1.67 bits per heavy atom. The van der Waals surface area contributed by atoms with Gasteiger partial charge in [0, 0.05) is 6.42 Å². The smallest absolute Gasteiger partial charge is 0.308 e. The monoisotopic (exact) mass is 291 g/mol. The lowest BCUT2D eigenvalue weighted by molar-refractivity contribution is -0.142. The fourth-order valence-corrected chi connectivity index (χ4v) is 2.06. The van der Waals surface area contributed by atoms with Crippen LogP contribution in [0.5, 0.6) is 0 Å². The molecule has 0 radical (unpaired) electrons. The molecule has 4 nitrogen and oxygen atoms in total. The van der Waals surface area contributed by atoms with Gasteiger partial charge in [0.15, 0.2) is 0 Å². The number of rotatable bonds is 7. The van der Waals surface area contributed by atoms with Crippen LogP contribution in [-0.4, -0.2) is 17.0 Å². The van der Waals surface area contributed by atoms with Crippen LogP contribution in [0.3, 0.4) is 0 Å². The van der Waals surface area contributed by atoms with Gasteiger partial charge in [-0.2, -0.15) is 0 Å². The molecule has 0 aromatic heterocycles. The summed E-state index contributed by atoms with van der Waals surface area (Å²) in [5, 5.41) is 12.1. The molecule has 0 saturated heterocycles. The predicted octanol–water partition coefficient (Wildman–Crippen LogP) is 3.25. The van der Waals surface area contributed by atoms with Gasteiger partial charge in [-0.1, -0.05) is 51.1 Å². The molecule has 0 aliphatic rings. The highest BCUT2D eigenvalue weighted by Crippen LogP contribution is 2.23. The number of nitrogens with one attached hydrogen (secondary N) is 1. The summed E-state index contributed by atoms with van der Waals surface area (Å²) in [7, 11) is 0. The third-order valence-corrected chi connectivity index (χ3v) is 4.01. The Labute approximate surface area is 126 Å². The summed E-state index contributed by atoms with van der Waals surface area (Å²) < 4.78 is 0. The first-order chi connectivity index (χ1) is 9.82. The normalized spacial score (nSPS) is 15.3. The maximum atomic E-state index is 12.2. The SMILES string of the molecule is CC(C)C(C)CC(=O)NC(c1ccccc1)C(C)C(=O)O. The van der Waals surface area contributed by atoms with E-state index in [1.54, 1.807) is 6.92 Å². The largest absolute Gasteiger partial charge is 0.481 e. The second-order valence-corrected chi connectivity index (χ2v) is 6.01. The number of hydrogen-bond acceptors (Lipinski definition) is 2. The van der Waals surface area contributed by atoms with Crippen molar-refractivity contribution in [2.45, 2.75) is 40.2 Å². The molecule has 3 atom stereocenters. The molecule has 1 aromatic carbocycles. The molecule has 21 heavy (non-hydrogen) atoms. The van der Waals surface area contributed by atoms with Gasteiger partial charge in [-0.15, -0.1) is 0 Å². The number of amides is 1. The molecular formula is C17H25NO3. The van der Waals surface area contributed by atoms with Crippen molar-refractivity contribution in [1.82, 2.24) is 5.32 Å². The van der Waals surface area contributed by atoms with Crippen molar-refractivity contribution in [3.05, 3.63) is 35.9 Å². The van der Waals surface area contributed by atoms with Gasteiger partial charge in [-0.05, 0) is 24.3 Å². The van der Waals surface area contributed by atoms with Crippen LogP contribution >= 0.6 is 0 Å². The second-order valence-electron chi connectivity index (χ2n) is 6.01. The van der Waals surface area contributed by atoms with E-state index in [-0.39, 0.29) is 11.8 Å². The van der Waals surface area contributed by atoms with Crippen LogP contribution in [-0.2, 0) is 9.59 Å². The van der Waals surface area contributed by atoms with Crippen molar-refractivity contribution in [2.24, 2.45) is 17.8 Å². The van der Waals surface area contributed by atoms with E-state index in [9.17, 15) is 14.7 Å². The van der Waals surface area contributed by atoms with Crippen LogP contribution in [0.15, 0.2) is 30.3 Å². The van der Waals surface area contributed by atoms with E-state index >= 15 is 0 Å². The molecule has 4 heteroatoms. The highest BCUT2D eigenvalue weighted by atomic mass is 16.4. The molecule has 1 rings (SSSR count). The van der Waals surface area contributed by atoms with Crippen molar-refractivity contribution in [3.63, 3.8) is 0 Å². The number of carbonyl (C=O) groups is 2. The first-order valence-electron chi connectivity index (χ1n) is 7.40. The molecule has 2 N–H and O–H groups in total. The number of aliphatic carboxylic acids is 1. The second kappa shape index (κ2) is 7.81. The van der Waals surface area contributed by atoms with Gasteiger partial charge in [0.25, 0.3) is 0 Å². The number of carboxylic acid groups (broad SMARTS) is 1. The molecule has 116 valence electrons. The molecule has 1 aromatic rings. The molecule has 0 spiro atoms. The van der Waals surface area contributed by atoms with E-state index in [2.05, 4.69) is 19.2 Å². The van der Waals surface area contributed by atoms with Crippen LogP contribution < -0.4 is 5.32 Å². The number of benzene rings is 1. The van der Waals surface area contributed by atoms with E-state index in [4.69, 9.17) is 0 Å². The van der Waals surface area contributed by atoms with Gasteiger partial charge in [0.05, 0.1) is 12.0 Å². The number of carboxylic acids is 1. The van der Waals surface area contributed by atoms with Gasteiger partial charge < -0.3 is 10.4 Å². The maximum Gasteiger partial charge on any atom is 0.308 e. The molecule has 0 saturated carbocycles. The first kappa shape index (κ1) is 17.2. The minimum Gasteiger partial charge on any atom is -0.481 e. The molecule has 0 heterocycles. The minimum atomic E-state index is -0.916. The highest BCUT2D eigenvalue weighted by molar-refractivity contribution is 5.78.